The highest BCUT2D eigenvalue weighted by atomic mass is 16.3. The van der Waals surface area contributed by atoms with E-state index in [9.17, 15) is 5.11 Å². The summed E-state index contributed by atoms with van der Waals surface area (Å²) in [7, 11) is 1.78. The fourth-order valence-corrected chi connectivity index (χ4v) is 1.34. The number of rotatable bonds is 4. The molecule has 4 N–H and O–H groups in total. The number of anilines is 1. The number of aliphatic hydroxyl groups excluding tert-OH is 1. The van der Waals surface area contributed by atoms with Gasteiger partial charge in [-0.25, -0.2) is 9.97 Å². The summed E-state index contributed by atoms with van der Waals surface area (Å²) in [5, 5.41) is 16.6. The topological polar surface area (TPSA) is 99.1 Å². The number of amidine groups is 1. The van der Waals surface area contributed by atoms with Crippen molar-refractivity contribution in [3.63, 3.8) is 0 Å². The molecular weight excluding hydrogens is 206 g/mol. The largest absolute Gasteiger partial charge is 0.392 e. The van der Waals surface area contributed by atoms with Crippen LogP contribution < -0.4 is 10.6 Å². The molecule has 1 rings (SSSR count). The highest BCUT2D eigenvalue weighted by Crippen LogP contribution is 2.08. The Hall–Kier alpha value is -1.69. The van der Waals surface area contributed by atoms with Gasteiger partial charge in [-0.2, -0.15) is 0 Å². The lowest BCUT2D eigenvalue weighted by atomic mass is 10.3. The molecule has 0 fully saturated rings. The molecular formula is C10H17N5O. The van der Waals surface area contributed by atoms with Crippen LogP contribution in [-0.4, -0.2) is 40.6 Å². The zero-order valence-corrected chi connectivity index (χ0v) is 9.73. The van der Waals surface area contributed by atoms with Gasteiger partial charge in [0.05, 0.1) is 6.10 Å². The van der Waals surface area contributed by atoms with Gasteiger partial charge in [0.1, 0.15) is 11.5 Å². The molecule has 0 saturated heterocycles. The first-order chi connectivity index (χ1) is 7.40. The van der Waals surface area contributed by atoms with Crippen LogP contribution in [0, 0.1) is 12.3 Å². The minimum Gasteiger partial charge on any atom is -0.392 e. The summed E-state index contributed by atoms with van der Waals surface area (Å²) in [6.45, 7) is 3.94. The van der Waals surface area contributed by atoms with E-state index in [-0.39, 0.29) is 5.84 Å². The molecule has 1 aromatic rings. The number of likely N-dealkylation sites (N-methyl/N-ethyl adjacent to an activating group) is 1. The molecule has 0 amide bonds. The van der Waals surface area contributed by atoms with E-state index in [4.69, 9.17) is 11.1 Å². The molecule has 0 aliphatic carbocycles. The van der Waals surface area contributed by atoms with Crippen molar-refractivity contribution in [2.24, 2.45) is 5.73 Å². The van der Waals surface area contributed by atoms with E-state index in [1.807, 2.05) is 6.92 Å². The second-order valence-corrected chi connectivity index (χ2v) is 3.84. The molecule has 0 saturated carbocycles. The van der Waals surface area contributed by atoms with Crippen molar-refractivity contribution in [3.05, 3.63) is 17.5 Å². The van der Waals surface area contributed by atoms with Gasteiger partial charge < -0.3 is 15.7 Å². The highest BCUT2D eigenvalue weighted by molar-refractivity contribution is 5.93. The molecule has 0 bridgehead atoms. The van der Waals surface area contributed by atoms with Crippen LogP contribution in [0.5, 0.6) is 0 Å². The van der Waals surface area contributed by atoms with E-state index in [1.54, 1.807) is 24.9 Å². The van der Waals surface area contributed by atoms with Crippen LogP contribution in [0.2, 0.25) is 0 Å². The van der Waals surface area contributed by atoms with Crippen LogP contribution in [0.4, 0.5) is 5.95 Å². The fourth-order valence-electron chi connectivity index (χ4n) is 1.34. The van der Waals surface area contributed by atoms with Gasteiger partial charge in [-0.15, -0.1) is 0 Å². The second kappa shape index (κ2) is 4.89. The molecule has 6 heteroatoms. The van der Waals surface area contributed by atoms with E-state index in [0.29, 0.717) is 18.2 Å². The Balaban J connectivity index is 3.00. The van der Waals surface area contributed by atoms with E-state index >= 15 is 0 Å². The first kappa shape index (κ1) is 12.4. The van der Waals surface area contributed by atoms with Gasteiger partial charge in [-0.05, 0) is 19.9 Å². The summed E-state index contributed by atoms with van der Waals surface area (Å²) in [6.07, 6.45) is -0.463. The first-order valence-corrected chi connectivity index (χ1v) is 4.99. The molecule has 6 nitrogen and oxygen atoms in total. The molecule has 1 unspecified atom stereocenters. The van der Waals surface area contributed by atoms with Crippen LogP contribution in [-0.2, 0) is 0 Å². The molecule has 1 atom stereocenters. The molecule has 88 valence electrons. The van der Waals surface area contributed by atoms with Gasteiger partial charge in [0.25, 0.3) is 0 Å². The Labute approximate surface area is 94.6 Å². The average molecular weight is 223 g/mol. The third-order valence-electron chi connectivity index (χ3n) is 2.00. The number of hydrogen-bond donors (Lipinski definition) is 3. The van der Waals surface area contributed by atoms with E-state index in [0.717, 1.165) is 5.69 Å². The van der Waals surface area contributed by atoms with Crippen LogP contribution in [0.1, 0.15) is 18.3 Å². The van der Waals surface area contributed by atoms with E-state index < -0.39 is 6.10 Å². The Bertz CT molecular complexity index is 391. The molecule has 16 heavy (non-hydrogen) atoms. The van der Waals surface area contributed by atoms with Crippen molar-refractivity contribution < 1.29 is 5.11 Å². The van der Waals surface area contributed by atoms with Gasteiger partial charge in [-0.1, -0.05) is 0 Å². The Morgan fingerprint density at radius 1 is 1.62 bits per heavy atom. The number of nitrogen functional groups attached to an aromatic ring is 1. The third kappa shape index (κ3) is 3.16. The minimum absolute atomic E-state index is 0.0859. The number of aromatic nitrogens is 2. The van der Waals surface area contributed by atoms with Crippen molar-refractivity contribution >= 4 is 11.8 Å². The lowest BCUT2D eigenvalue weighted by Gasteiger charge is -2.19. The van der Waals surface area contributed by atoms with Crippen molar-refractivity contribution in [1.29, 1.82) is 5.41 Å². The SMILES string of the molecule is Cc1cc(C(=N)N)nc(N(C)CC(C)O)n1. The molecule has 0 spiro atoms. The Morgan fingerprint density at radius 3 is 2.75 bits per heavy atom. The van der Waals surface area contributed by atoms with Crippen LogP contribution >= 0.6 is 0 Å². The maximum absolute atomic E-state index is 9.27. The Morgan fingerprint density at radius 2 is 2.25 bits per heavy atom. The normalized spacial score (nSPS) is 12.2. The number of aliphatic hydroxyl groups is 1. The highest BCUT2D eigenvalue weighted by Gasteiger charge is 2.10. The van der Waals surface area contributed by atoms with Crippen molar-refractivity contribution in [1.82, 2.24) is 9.97 Å². The number of hydrogen-bond acceptors (Lipinski definition) is 5. The van der Waals surface area contributed by atoms with E-state index in [2.05, 4.69) is 9.97 Å². The fraction of sp³-hybridized carbons (Fsp3) is 0.500. The molecule has 0 aliphatic heterocycles. The summed E-state index contributed by atoms with van der Waals surface area (Å²) < 4.78 is 0. The lowest BCUT2D eigenvalue weighted by molar-refractivity contribution is 0.201. The lowest BCUT2D eigenvalue weighted by Crippen LogP contribution is -2.29. The number of nitrogens with two attached hydrogens (primary N) is 1. The summed E-state index contributed by atoms with van der Waals surface area (Å²) in [4.78, 5) is 10.1. The smallest absolute Gasteiger partial charge is 0.226 e. The first-order valence-electron chi connectivity index (χ1n) is 4.99. The maximum Gasteiger partial charge on any atom is 0.226 e. The third-order valence-corrected chi connectivity index (χ3v) is 2.00. The second-order valence-electron chi connectivity index (χ2n) is 3.84. The molecule has 0 aromatic carbocycles. The average Bonchev–Trinajstić information content (AvgIpc) is 2.15. The van der Waals surface area contributed by atoms with Gasteiger partial charge >= 0.3 is 0 Å². The monoisotopic (exact) mass is 223 g/mol. The number of nitrogens with one attached hydrogen (secondary N) is 1. The molecule has 0 radical (unpaired) electrons. The predicted molar refractivity (Wildman–Crippen MR) is 62.7 cm³/mol. The maximum atomic E-state index is 9.27. The van der Waals surface area contributed by atoms with Crippen molar-refractivity contribution in [2.45, 2.75) is 20.0 Å². The number of aryl methyl sites for hydroxylation is 1. The van der Waals surface area contributed by atoms with Gasteiger partial charge in [0.2, 0.25) is 5.95 Å². The van der Waals surface area contributed by atoms with Crippen LogP contribution in [0.15, 0.2) is 6.07 Å². The summed E-state index contributed by atoms with van der Waals surface area (Å²) in [5.41, 5.74) is 6.52. The quantitative estimate of drug-likeness (QED) is 0.488. The predicted octanol–water partition coefficient (Wildman–Crippen LogP) is -0.114. The Kier molecular flexibility index (Phi) is 3.78. The van der Waals surface area contributed by atoms with Crippen LogP contribution in [0.25, 0.3) is 0 Å². The zero-order valence-electron chi connectivity index (χ0n) is 9.73. The minimum atomic E-state index is -0.463. The van der Waals surface area contributed by atoms with Crippen molar-refractivity contribution in [3.8, 4) is 0 Å². The standard InChI is InChI=1S/C10H17N5O/c1-6-4-8(9(11)12)14-10(13-6)15(3)5-7(2)16/h4,7,16H,5H2,1-3H3,(H3,11,12). The van der Waals surface area contributed by atoms with Gasteiger partial charge in [0, 0.05) is 19.3 Å². The van der Waals surface area contributed by atoms with Gasteiger partial charge in [-0.3, -0.25) is 5.41 Å². The molecule has 1 aromatic heterocycles. The number of nitrogens with zero attached hydrogens (tertiary/aromatic N) is 3. The van der Waals surface area contributed by atoms with Crippen LogP contribution in [0.3, 0.4) is 0 Å². The molecule has 1 heterocycles. The summed E-state index contributed by atoms with van der Waals surface area (Å²) in [5.74, 6) is 0.378. The summed E-state index contributed by atoms with van der Waals surface area (Å²) in [6, 6.07) is 1.65. The van der Waals surface area contributed by atoms with Gasteiger partial charge in [0.15, 0.2) is 0 Å². The van der Waals surface area contributed by atoms with Crippen molar-refractivity contribution in [2.75, 3.05) is 18.5 Å². The molecule has 0 aliphatic rings. The summed E-state index contributed by atoms with van der Waals surface area (Å²) >= 11 is 0. The zero-order chi connectivity index (χ0) is 12.3. The van der Waals surface area contributed by atoms with E-state index in [1.165, 1.54) is 0 Å².